The predicted octanol–water partition coefficient (Wildman–Crippen LogP) is 5.10. The zero-order valence-electron chi connectivity index (χ0n) is 11.7. The van der Waals surface area contributed by atoms with E-state index >= 15 is 0 Å². The Morgan fingerprint density at radius 1 is 1.22 bits per heavy atom. The molecule has 0 aliphatic rings. The highest BCUT2D eigenvalue weighted by atomic mass is 35.5. The van der Waals surface area contributed by atoms with Crippen LogP contribution in [0.15, 0.2) is 34.9 Å². The lowest BCUT2D eigenvalue weighted by Gasteiger charge is -2.08. The zero-order chi connectivity index (χ0) is 16.7. The van der Waals surface area contributed by atoms with E-state index in [1.54, 1.807) is 31.2 Å². The van der Waals surface area contributed by atoms with Crippen molar-refractivity contribution in [2.75, 3.05) is 0 Å². The molecule has 2 aromatic heterocycles. The monoisotopic (exact) mass is 370 g/mol. The van der Waals surface area contributed by atoms with E-state index in [4.69, 9.17) is 39.2 Å². The van der Waals surface area contributed by atoms with Crippen molar-refractivity contribution in [2.45, 2.75) is 6.92 Å². The van der Waals surface area contributed by atoms with Crippen LogP contribution in [0.2, 0.25) is 15.1 Å². The van der Waals surface area contributed by atoms with Gasteiger partial charge < -0.3 is 9.52 Å². The van der Waals surface area contributed by atoms with Crippen LogP contribution in [-0.2, 0) is 0 Å². The molecule has 3 rings (SSSR count). The minimum atomic E-state index is -1.15. The fourth-order valence-corrected chi connectivity index (χ4v) is 2.89. The molecule has 0 saturated heterocycles. The summed E-state index contributed by atoms with van der Waals surface area (Å²) in [6, 6.07) is 6.42. The lowest BCUT2D eigenvalue weighted by molar-refractivity contribution is 0.0689. The Hall–Kier alpha value is -1.95. The molecule has 3 aromatic rings. The SMILES string of the molecule is Cc1c(C(=O)O)nn(-c2ccc(Cl)cc2Cl)c1-c1cc(Cl)co1. The van der Waals surface area contributed by atoms with Crippen LogP contribution in [-0.4, -0.2) is 20.9 Å². The zero-order valence-corrected chi connectivity index (χ0v) is 13.9. The van der Waals surface area contributed by atoms with Crippen molar-refractivity contribution in [1.29, 1.82) is 0 Å². The molecule has 0 bridgehead atoms. The number of hydrogen-bond donors (Lipinski definition) is 1. The third-order valence-electron chi connectivity index (χ3n) is 3.26. The summed E-state index contributed by atoms with van der Waals surface area (Å²) in [5.41, 5.74) is 1.28. The summed E-state index contributed by atoms with van der Waals surface area (Å²) in [6.45, 7) is 1.64. The number of carboxylic acid groups (broad SMARTS) is 1. The minimum absolute atomic E-state index is 0.0986. The lowest BCUT2D eigenvalue weighted by atomic mass is 10.1. The van der Waals surface area contributed by atoms with Gasteiger partial charge in [-0.2, -0.15) is 5.10 Å². The molecule has 1 N–H and O–H groups in total. The fraction of sp³-hybridized carbons (Fsp3) is 0.0667. The quantitative estimate of drug-likeness (QED) is 0.695. The second kappa shape index (κ2) is 5.92. The van der Waals surface area contributed by atoms with Gasteiger partial charge in [-0.1, -0.05) is 34.8 Å². The molecule has 2 heterocycles. The van der Waals surface area contributed by atoms with Gasteiger partial charge >= 0.3 is 5.97 Å². The predicted molar refractivity (Wildman–Crippen MR) is 88.0 cm³/mol. The maximum absolute atomic E-state index is 11.4. The average Bonchev–Trinajstić information content (AvgIpc) is 3.02. The van der Waals surface area contributed by atoms with Crippen LogP contribution in [0.4, 0.5) is 0 Å². The van der Waals surface area contributed by atoms with Gasteiger partial charge in [-0.05, 0) is 25.1 Å². The molecule has 0 atom stereocenters. The summed E-state index contributed by atoms with van der Waals surface area (Å²) in [4.78, 5) is 11.4. The summed E-state index contributed by atoms with van der Waals surface area (Å²) in [6.07, 6.45) is 1.36. The van der Waals surface area contributed by atoms with Crippen molar-refractivity contribution >= 4 is 40.8 Å². The van der Waals surface area contributed by atoms with Crippen molar-refractivity contribution in [3.63, 3.8) is 0 Å². The van der Waals surface area contributed by atoms with Gasteiger partial charge in [0.2, 0.25) is 0 Å². The van der Waals surface area contributed by atoms with Gasteiger partial charge in [0, 0.05) is 16.7 Å². The molecule has 5 nitrogen and oxygen atoms in total. The number of nitrogens with zero attached hydrogens (tertiary/aromatic N) is 2. The highest BCUT2D eigenvalue weighted by Gasteiger charge is 2.24. The number of benzene rings is 1. The normalized spacial score (nSPS) is 11.0. The van der Waals surface area contributed by atoms with Gasteiger partial charge in [0.15, 0.2) is 11.5 Å². The Morgan fingerprint density at radius 3 is 2.52 bits per heavy atom. The highest BCUT2D eigenvalue weighted by Crippen LogP contribution is 2.34. The number of halogens is 3. The van der Waals surface area contributed by atoms with Crippen LogP contribution in [0.3, 0.4) is 0 Å². The Labute approximate surface area is 146 Å². The fourth-order valence-electron chi connectivity index (χ4n) is 2.25. The third-order valence-corrected chi connectivity index (χ3v) is 4.00. The Morgan fingerprint density at radius 2 is 1.96 bits per heavy atom. The Bertz CT molecular complexity index is 915. The molecule has 0 unspecified atom stereocenters. The van der Waals surface area contributed by atoms with Crippen LogP contribution in [0.1, 0.15) is 16.1 Å². The molecule has 1 aromatic carbocycles. The van der Waals surface area contributed by atoms with Crippen molar-refractivity contribution in [1.82, 2.24) is 9.78 Å². The van der Waals surface area contributed by atoms with E-state index in [1.807, 2.05) is 0 Å². The first-order valence-electron chi connectivity index (χ1n) is 6.41. The average molecular weight is 372 g/mol. The van der Waals surface area contributed by atoms with E-state index in [9.17, 15) is 9.90 Å². The molecule has 0 spiro atoms. The second-order valence-corrected chi connectivity index (χ2v) is 6.04. The first-order valence-corrected chi connectivity index (χ1v) is 7.54. The van der Waals surface area contributed by atoms with Gasteiger partial charge in [0.1, 0.15) is 12.0 Å². The number of carboxylic acids is 1. The van der Waals surface area contributed by atoms with E-state index in [1.165, 1.54) is 10.9 Å². The van der Waals surface area contributed by atoms with Gasteiger partial charge in [-0.15, -0.1) is 0 Å². The standard InChI is InChI=1S/C15H9Cl3N2O3/c1-7-13(15(21)22)19-20(11-3-2-8(16)4-10(11)18)14(7)12-5-9(17)6-23-12/h2-6H,1H3,(H,21,22). The third kappa shape index (κ3) is 2.83. The topological polar surface area (TPSA) is 68.3 Å². The van der Waals surface area contributed by atoms with Gasteiger partial charge in [-0.25, -0.2) is 9.48 Å². The molecule has 118 valence electrons. The van der Waals surface area contributed by atoms with Gasteiger partial charge in [-0.3, -0.25) is 0 Å². The van der Waals surface area contributed by atoms with E-state index in [-0.39, 0.29) is 5.69 Å². The molecule has 0 saturated carbocycles. The molecule has 0 aliphatic heterocycles. The van der Waals surface area contributed by atoms with Crippen molar-refractivity contribution in [3.05, 3.63) is 56.9 Å². The molecule has 0 radical (unpaired) electrons. The number of hydrogen-bond acceptors (Lipinski definition) is 3. The number of carbonyl (C=O) groups is 1. The van der Waals surface area contributed by atoms with Crippen molar-refractivity contribution < 1.29 is 14.3 Å². The number of furan rings is 1. The lowest BCUT2D eigenvalue weighted by Crippen LogP contribution is -2.03. The molecule has 23 heavy (non-hydrogen) atoms. The molecule has 0 fully saturated rings. The van der Waals surface area contributed by atoms with E-state index < -0.39 is 5.97 Å². The minimum Gasteiger partial charge on any atom is -0.476 e. The highest BCUT2D eigenvalue weighted by molar-refractivity contribution is 6.35. The van der Waals surface area contributed by atoms with Crippen molar-refractivity contribution in [2.24, 2.45) is 0 Å². The van der Waals surface area contributed by atoms with Crippen LogP contribution in [0, 0.1) is 6.92 Å². The summed E-state index contributed by atoms with van der Waals surface area (Å²) in [5, 5.41) is 14.7. The Balaban J connectivity index is 2.31. The first kappa shape index (κ1) is 15.9. The van der Waals surface area contributed by atoms with Crippen LogP contribution in [0.25, 0.3) is 17.1 Å². The molecule has 0 amide bonds. The maximum atomic E-state index is 11.4. The summed E-state index contributed by atoms with van der Waals surface area (Å²) >= 11 is 18.0. The molecular formula is C15H9Cl3N2O3. The summed E-state index contributed by atoms with van der Waals surface area (Å²) < 4.78 is 6.80. The van der Waals surface area contributed by atoms with Gasteiger partial charge in [0.05, 0.1) is 15.7 Å². The number of rotatable bonds is 3. The second-order valence-electron chi connectivity index (χ2n) is 4.76. The maximum Gasteiger partial charge on any atom is 0.356 e. The Kier molecular flexibility index (Phi) is 4.10. The largest absolute Gasteiger partial charge is 0.476 e. The van der Waals surface area contributed by atoms with E-state index in [2.05, 4.69) is 5.10 Å². The molecule has 0 aliphatic carbocycles. The first-order chi connectivity index (χ1) is 10.9. The number of aromatic nitrogens is 2. The number of aromatic carboxylic acids is 1. The molecule has 8 heteroatoms. The van der Waals surface area contributed by atoms with Crippen molar-refractivity contribution in [3.8, 4) is 17.1 Å². The van der Waals surface area contributed by atoms with Crippen LogP contribution in [0.5, 0.6) is 0 Å². The van der Waals surface area contributed by atoms with Crippen LogP contribution < -0.4 is 0 Å². The summed E-state index contributed by atoms with van der Waals surface area (Å²) in [5.74, 6) is -0.760. The van der Waals surface area contributed by atoms with Crippen LogP contribution >= 0.6 is 34.8 Å². The van der Waals surface area contributed by atoms with Gasteiger partial charge in [0.25, 0.3) is 0 Å². The smallest absolute Gasteiger partial charge is 0.356 e. The molecular weight excluding hydrogens is 363 g/mol. The van der Waals surface area contributed by atoms with E-state index in [0.717, 1.165) is 0 Å². The summed E-state index contributed by atoms with van der Waals surface area (Å²) in [7, 11) is 0. The van der Waals surface area contributed by atoms with E-state index in [0.29, 0.717) is 37.8 Å².